The molecule has 1 aromatic heterocycles. The molecule has 0 bridgehead atoms. The van der Waals surface area contributed by atoms with E-state index in [-0.39, 0.29) is 29.5 Å². The fraction of sp³-hybridized carbons (Fsp3) is 0.290. The number of halogens is 2. The highest BCUT2D eigenvalue weighted by Crippen LogP contribution is 2.48. The first-order chi connectivity index (χ1) is 20.1. The Morgan fingerprint density at radius 3 is 2.33 bits per heavy atom. The molecule has 0 unspecified atom stereocenters. The fourth-order valence-corrected chi connectivity index (χ4v) is 4.57. The number of anilines is 3. The number of carbonyl (C=O) groups is 1. The highest BCUT2D eigenvalue weighted by molar-refractivity contribution is 6.30. The van der Waals surface area contributed by atoms with E-state index in [2.05, 4.69) is 30.9 Å². The Labute approximate surface area is 255 Å². The van der Waals surface area contributed by atoms with Crippen molar-refractivity contribution >= 4 is 46.7 Å². The summed E-state index contributed by atoms with van der Waals surface area (Å²) in [6.45, 7) is 5.21. The first-order valence-corrected chi connectivity index (χ1v) is 14.4. The van der Waals surface area contributed by atoms with Crippen molar-refractivity contribution in [3.63, 3.8) is 0 Å². The van der Waals surface area contributed by atoms with Crippen molar-refractivity contribution in [1.82, 2.24) is 20.3 Å². The minimum atomic E-state index is -0.291. The third-order valence-corrected chi connectivity index (χ3v) is 7.54. The van der Waals surface area contributed by atoms with E-state index in [1.807, 2.05) is 56.3 Å². The number of rotatable bonds is 12. The van der Waals surface area contributed by atoms with Gasteiger partial charge in [0.05, 0.1) is 5.54 Å². The van der Waals surface area contributed by atoms with Gasteiger partial charge < -0.3 is 26.4 Å². The Kier molecular flexibility index (Phi) is 8.82. The predicted octanol–water partition coefficient (Wildman–Crippen LogP) is 6.32. The molecule has 0 atom stereocenters. The molecule has 1 fully saturated rings. The SMILES string of the molecule is CC(C)(CN)CNC(=O)c1ccc(Nc2nc(NC3(c4ccc(Cl)cc4)CC3)nc(OCc3cccc(Cl)c3)n2)cc1. The van der Waals surface area contributed by atoms with Gasteiger partial charge >= 0.3 is 6.01 Å². The van der Waals surface area contributed by atoms with Crippen molar-refractivity contribution in [2.24, 2.45) is 11.1 Å². The van der Waals surface area contributed by atoms with Gasteiger partial charge in [-0.1, -0.05) is 61.3 Å². The van der Waals surface area contributed by atoms with Crippen LogP contribution in [-0.2, 0) is 12.1 Å². The van der Waals surface area contributed by atoms with Gasteiger partial charge in [-0.05, 0) is 84.5 Å². The summed E-state index contributed by atoms with van der Waals surface area (Å²) in [7, 11) is 0. The lowest BCUT2D eigenvalue weighted by Gasteiger charge is -2.22. The third kappa shape index (κ3) is 7.67. The van der Waals surface area contributed by atoms with Gasteiger partial charge in [0.1, 0.15) is 6.61 Å². The molecule has 9 nitrogen and oxygen atoms in total. The van der Waals surface area contributed by atoms with E-state index in [4.69, 9.17) is 33.7 Å². The maximum absolute atomic E-state index is 12.6. The quantitative estimate of drug-likeness (QED) is 0.148. The second-order valence-electron chi connectivity index (χ2n) is 11.2. The van der Waals surface area contributed by atoms with Crippen molar-refractivity contribution in [3.05, 3.63) is 99.5 Å². The van der Waals surface area contributed by atoms with Crippen molar-refractivity contribution < 1.29 is 9.53 Å². The smallest absolute Gasteiger partial charge is 0.323 e. The number of nitrogens with zero attached hydrogens (tertiary/aromatic N) is 3. The van der Waals surface area contributed by atoms with Gasteiger partial charge in [0, 0.05) is 27.8 Å². The molecular formula is C31H33Cl2N7O2. The maximum atomic E-state index is 12.6. The minimum absolute atomic E-state index is 0.153. The standard InChI is InChI=1S/C31H33Cl2N7O2/c1-30(2,18-34)19-35-26(41)21-6-12-25(13-7-21)36-27-37-28(40-31(14-15-31)22-8-10-23(32)11-9-22)39-29(38-27)42-17-20-4-3-5-24(33)16-20/h3-13,16H,14-15,17-19,34H2,1-2H3,(H,35,41)(H2,36,37,38,39,40). The summed E-state index contributed by atoms with van der Waals surface area (Å²) in [5.74, 6) is 0.505. The molecule has 1 heterocycles. The third-order valence-electron chi connectivity index (χ3n) is 7.05. The lowest BCUT2D eigenvalue weighted by atomic mass is 9.94. The van der Waals surface area contributed by atoms with Crippen LogP contribution in [0.25, 0.3) is 0 Å². The summed E-state index contributed by atoms with van der Waals surface area (Å²) in [6, 6.07) is 22.4. The van der Waals surface area contributed by atoms with Crippen LogP contribution in [0.5, 0.6) is 6.01 Å². The molecule has 5 rings (SSSR count). The number of hydrogen-bond acceptors (Lipinski definition) is 8. The Morgan fingerprint density at radius 1 is 0.952 bits per heavy atom. The number of aromatic nitrogens is 3. The molecule has 218 valence electrons. The highest BCUT2D eigenvalue weighted by Gasteiger charge is 2.45. The largest absolute Gasteiger partial charge is 0.458 e. The lowest BCUT2D eigenvalue weighted by molar-refractivity contribution is 0.0938. The zero-order valence-corrected chi connectivity index (χ0v) is 25.0. The second-order valence-corrected chi connectivity index (χ2v) is 12.0. The van der Waals surface area contributed by atoms with Crippen LogP contribution in [0.2, 0.25) is 10.0 Å². The molecule has 42 heavy (non-hydrogen) atoms. The molecule has 3 aromatic carbocycles. The van der Waals surface area contributed by atoms with Gasteiger partial charge in [-0.15, -0.1) is 0 Å². The molecule has 11 heteroatoms. The van der Waals surface area contributed by atoms with Gasteiger partial charge in [0.15, 0.2) is 0 Å². The topological polar surface area (TPSA) is 127 Å². The molecule has 1 amide bonds. The summed E-state index contributed by atoms with van der Waals surface area (Å²) in [6.07, 6.45) is 1.85. The average Bonchev–Trinajstić information content (AvgIpc) is 3.76. The molecule has 4 aromatic rings. The molecule has 0 saturated heterocycles. The van der Waals surface area contributed by atoms with E-state index in [1.165, 1.54) is 0 Å². The number of hydrogen-bond donors (Lipinski definition) is 4. The molecular weight excluding hydrogens is 573 g/mol. The fourth-order valence-electron chi connectivity index (χ4n) is 4.23. The molecule has 0 aliphatic heterocycles. The minimum Gasteiger partial charge on any atom is -0.458 e. The van der Waals surface area contributed by atoms with E-state index in [9.17, 15) is 4.79 Å². The van der Waals surface area contributed by atoms with Crippen LogP contribution in [-0.4, -0.2) is 33.9 Å². The monoisotopic (exact) mass is 605 g/mol. The molecule has 0 spiro atoms. The van der Waals surface area contributed by atoms with Crippen LogP contribution in [0, 0.1) is 5.41 Å². The predicted molar refractivity (Wildman–Crippen MR) is 166 cm³/mol. The molecule has 1 saturated carbocycles. The van der Waals surface area contributed by atoms with Crippen LogP contribution in [0.3, 0.4) is 0 Å². The lowest BCUT2D eigenvalue weighted by Crippen LogP contribution is -2.38. The van der Waals surface area contributed by atoms with E-state index < -0.39 is 0 Å². The van der Waals surface area contributed by atoms with E-state index in [0.29, 0.717) is 46.3 Å². The van der Waals surface area contributed by atoms with Gasteiger partial charge in [-0.25, -0.2) is 0 Å². The number of nitrogens with one attached hydrogen (secondary N) is 3. The van der Waals surface area contributed by atoms with Crippen molar-refractivity contribution in [2.75, 3.05) is 23.7 Å². The van der Waals surface area contributed by atoms with Crippen molar-refractivity contribution in [1.29, 1.82) is 0 Å². The number of benzene rings is 3. The number of ether oxygens (including phenoxy) is 1. The normalized spacial score (nSPS) is 13.7. The summed E-state index contributed by atoms with van der Waals surface area (Å²) >= 11 is 12.2. The summed E-state index contributed by atoms with van der Waals surface area (Å²) < 4.78 is 5.96. The van der Waals surface area contributed by atoms with Gasteiger partial charge in [-0.3, -0.25) is 4.79 Å². The van der Waals surface area contributed by atoms with Crippen LogP contribution >= 0.6 is 23.2 Å². The number of nitrogens with two attached hydrogens (primary N) is 1. The zero-order chi connectivity index (χ0) is 29.7. The summed E-state index contributed by atoms with van der Waals surface area (Å²) in [5.41, 5.74) is 8.53. The Morgan fingerprint density at radius 2 is 1.67 bits per heavy atom. The zero-order valence-electron chi connectivity index (χ0n) is 23.5. The molecule has 0 radical (unpaired) electrons. The van der Waals surface area contributed by atoms with Crippen LogP contribution in [0.4, 0.5) is 17.6 Å². The second kappa shape index (κ2) is 12.5. The summed E-state index contributed by atoms with van der Waals surface area (Å²) in [4.78, 5) is 26.3. The highest BCUT2D eigenvalue weighted by atomic mass is 35.5. The van der Waals surface area contributed by atoms with E-state index >= 15 is 0 Å². The average molecular weight is 607 g/mol. The van der Waals surface area contributed by atoms with Gasteiger partial charge in [0.25, 0.3) is 5.91 Å². The maximum Gasteiger partial charge on any atom is 0.323 e. The van der Waals surface area contributed by atoms with Crippen molar-refractivity contribution in [2.45, 2.75) is 38.8 Å². The molecule has 5 N–H and O–H groups in total. The van der Waals surface area contributed by atoms with Crippen LogP contribution in [0.1, 0.15) is 48.2 Å². The van der Waals surface area contributed by atoms with Gasteiger partial charge in [-0.2, -0.15) is 15.0 Å². The molecule has 1 aliphatic rings. The van der Waals surface area contributed by atoms with Crippen LogP contribution < -0.4 is 26.4 Å². The van der Waals surface area contributed by atoms with E-state index in [0.717, 1.165) is 24.0 Å². The van der Waals surface area contributed by atoms with Crippen molar-refractivity contribution in [3.8, 4) is 6.01 Å². The van der Waals surface area contributed by atoms with Gasteiger partial charge in [0.2, 0.25) is 11.9 Å². The summed E-state index contributed by atoms with van der Waals surface area (Å²) in [5, 5.41) is 10.9. The first-order valence-electron chi connectivity index (χ1n) is 13.7. The Hall–Kier alpha value is -3.92. The Bertz CT molecular complexity index is 1540. The Balaban J connectivity index is 1.34. The first kappa shape index (κ1) is 29.6. The molecule has 1 aliphatic carbocycles. The van der Waals surface area contributed by atoms with Crippen LogP contribution in [0.15, 0.2) is 72.8 Å². The number of carbonyl (C=O) groups excluding carboxylic acids is 1. The number of amides is 1. The van der Waals surface area contributed by atoms with E-state index in [1.54, 1.807) is 30.3 Å².